The van der Waals surface area contributed by atoms with E-state index in [1.54, 1.807) is 6.07 Å². The van der Waals surface area contributed by atoms with Crippen LogP contribution in [-0.4, -0.2) is 29.9 Å². The summed E-state index contributed by atoms with van der Waals surface area (Å²) in [6, 6.07) is 4.01. The maximum Gasteiger partial charge on any atom is 0.222 e. The molecule has 1 aliphatic rings. The summed E-state index contributed by atoms with van der Waals surface area (Å²) < 4.78 is 26.0. The predicted molar refractivity (Wildman–Crippen MR) is 89.5 cm³/mol. The minimum Gasteiger partial charge on any atom is -0.342 e. The van der Waals surface area contributed by atoms with Gasteiger partial charge in [0, 0.05) is 25.6 Å². The van der Waals surface area contributed by atoms with Crippen LogP contribution in [0.5, 0.6) is 0 Å². The molecule has 1 aromatic rings. The van der Waals surface area contributed by atoms with E-state index >= 15 is 0 Å². The molecular weight excluding hydrogens is 322 g/mol. The number of amides is 1. The average molecular weight is 347 g/mol. The van der Waals surface area contributed by atoms with Crippen molar-refractivity contribution in [2.24, 2.45) is 11.7 Å². The van der Waals surface area contributed by atoms with E-state index in [9.17, 15) is 13.6 Å². The summed E-state index contributed by atoms with van der Waals surface area (Å²) >= 11 is 0. The molecule has 1 heterocycles. The third-order valence-corrected chi connectivity index (χ3v) is 4.39. The van der Waals surface area contributed by atoms with E-state index in [1.807, 2.05) is 11.8 Å². The maximum atomic E-state index is 13.1. The van der Waals surface area contributed by atoms with Crippen molar-refractivity contribution in [1.82, 2.24) is 4.90 Å². The number of likely N-dealkylation sites (tertiary alicyclic amines) is 1. The third-order valence-electron chi connectivity index (χ3n) is 4.39. The van der Waals surface area contributed by atoms with Gasteiger partial charge in [-0.05, 0) is 56.2 Å². The maximum absolute atomic E-state index is 13.1. The number of rotatable bonds is 5. The van der Waals surface area contributed by atoms with Gasteiger partial charge < -0.3 is 10.6 Å². The Morgan fingerprint density at radius 2 is 2.13 bits per heavy atom. The zero-order valence-corrected chi connectivity index (χ0v) is 14.2. The number of piperidine rings is 1. The van der Waals surface area contributed by atoms with E-state index in [-0.39, 0.29) is 24.4 Å². The molecule has 2 rings (SSSR count). The lowest BCUT2D eigenvalue weighted by Crippen LogP contribution is -2.45. The fourth-order valence-electron chi connectivity index (χ4n) is 2.96. The van der Waals surface area contributed by atoms with E-state index in [4.69, 9.17) is 5.73 Å². The minimum atomic E-state index is -0.838. The fraction of sp³-hybridized carbons (Fsp3) is 0.588. The first-order chi connectivity index (χ1) is 10.5. The Labute approximate surface area is 142 Å². The Hall–Kier alpha value is -1.20. The van der Waals surface area contributed by atoms with Gasteiger partial charge in [-0.15, -0.1) is 12.4 Å². The summed E-state index contributed by atoms with van der Waals surface area (Å²) in [5.41, 5.74) is 6.65. The molecule has 6 heteroatoms. The van der Waals surface area contributed by atoms with Crippen LogP contribution in [0.3, 0.4) is 0 Å². The summed E-state index contributed by atoms with van der Waals surface area (Å²) in [4.78, 5) is 14.1. The monoisotopic (exact) mass is 346 g/mol. The highest BCUT2D eigenvalue weighted by Gasteiger charge is 2.25. The smallest absolute Gasteiger partial charge is 0.222 e. The topological polar surface area (TPSA) is 46.3 Å². The van der Waals surface area contributed by atoms with Crippen molar-refractivity contribution in [2.75, 3.05) is 13.1 Å². The van der Waals surface area contributed by atoms with Gasteiger partial charge in [-0.25, -0.2) is 8.78 Å². The van der Waals surface area contributed by atoms with Crippen LogP contribution in [0.2, 0.25) is 0 Å². The van der Waals surface area contributed by atoms with Gasteiger partial charge in [0.1, 0.15) is 0 Å². The van der Waals surface area contributed by atoms with Crippen LogP contribution in [0.25, 0.3) is 0 Å². The Bertz CT molecular complexity index is 525. The van der Waals surface area contributed by atoms with Crippen LogP contribution in [0.15, 0.2) is 18.2 Å². The molecular formula is C17H25ClF2N2O. The van der Waals surface area contributed by atoms with Gasteiger partial charge in [0.2, 0.25) is 5.91 Å². The quantitative estimate of drug-likeness (QED) is 0.889. The Balaban J connectivity index is 0.00000264. The summed E-state index contributed by atoms with van der Waals surface area (Å²) in [6.07, 6.45) is 3.73. The molecule has 0 saturated carbocycles. The lowest BCUT2D eigenvalue weighted by atomic mass is 9.92. The van der Waals surface area contributed by atoms with Gasteiger partial charge in [-0.2, -0.15) is 0 Å². The van der Waals surface area contributed by atoms with Crippen molar-refractivity contribution in [3.8, 4) is 0 Å². The lowest BCUT2D eigenvalue weighted by molar-refractivity contribution is -0.133. The molecule has 2 unspecified atom stereocenters. The molecule has 0 bridgehead atoms. The third kappa shape index (κ3) is 5.74. The van der Waals surface area contributed by atoms with E-state index in [2.05, 4.69) is 0 Å². The van der Waals surface area contributed by atoms with Crippen molar-refractivity contribution in [3.63, 3.8) is 0 Å². The molecule has 0 aliphatic carbocycles. The van der Waals surface area contributed by atoms with Gasteiger partial charge in [0.05, 0.1) is 0 Å². The second-order valence-corrected chi connectivity index (χ2v) is 6.20. The number of halogens is 3. The van der Waals surface area contributed by atoms with Crippen LogP contribution in [-0.2, 0) is 11.2 Å². The Kier molecular flexibility index (Phi) is 7.92. The molecule has 130 valence electrons. The molecule has 0 aromatic heterocycles. The first kappa shape index (κ1) is 19.8. The normalized spacial score (nSPS) is 19.1. The van der Waals surface area contributed by atoms with E-state index in [1.165, 1.54) is 6.07 Å². The van der Waals surface area contributed by atoms with Crippen molar-refractivity contribution in [3.05, 3.63) is 35.4 Å². The van der Waals surface area contributed by atoms with Crippen molar-refractivity contribution >= 4 is 18.3 Å². The van der Waals surface area contributed by atoms with Gasteiger partial charge in [-0.1, -0.05) is 6.07 Å². The van der Waals surface area contributed by atoms with Gasteiger partial charge in [0.25, 0.3) is 0 Å². The highest BCUT2D eigenvalue weighted by atomic mass is 35.5. The molecule has 1 aliphatic heterocycles. The van der Waals surface area contributed by atoms with Crippen LogP contribution in [0.1, 0.15) is 38.2 Å². The summed E-state index contributed by atoms with van der Waals surface area (Å²) in [6.45, 7) is 3.52. The molecule has 1 saturated heterocycles. The molecule has 3 nitrogen and oxygen atoms in total. The number of aryl methyl sites for hydroxylation is 1. The minimum absolute atomic E-state index is 0. The zero-order chi connectivity index (χ0) is 16.1. The molecule has 23 heavy (non-hydrogen) atoms. The van der Waals surface area contributed by atoms with Crippen LogP contribution in [0.4, 0.5) is 8.78 Å². The molecule has 1 amide bonds. The van der Waals surface area contributed by atoms with Crippen molar-refractivity contribution in [2.45, 2.75) is 45.1 Å². The Morgan fingerprint density at radius 1 is 1.39 bits per heavy atom. The number of hydrogen-bond acceptors (Lipinski definition) is 2. The first-order valence-corrected chi connectivity index (χ1v) is 7.94. The van der Waals surface area contributed by atoms with Crippen molar-refractivity contribution < 1.29 is 13.6 Å². The molecule has 0 radical (unpaired) electrons. The molecule has 1 fully saturated rings. The van der Waals surface area contributed by atoms with Crippen LogP contribution in [0, 0.1) is 17.6 Å². The highest BCUT2D eigenvalue weighted by Crippen LogP contribution is 2.20. The Morgan fingerprint density at radius 3 is 2.78 bits per heavy atom. The number of benzene rings is 1. The van der Waals surface area contributed by atoms with Gasteiger partial charge in [-0.3, -0.25) is 4.79 Å². The number of nitrogens with two attached hydrogens (primary N) is 1. The summed E-state index contributed by atoms with van der Waals surface area (Å²) in [5.74, 6) is -1.16. The lowest BCUT2D eigenvalue weighted by Gasteiger charge is -2.34. The summed E-state index contributed by atoms with van der Waals surface area (Å²) in [5, 5.41) is 0. The number of nitrogens with zero attached hydrogens (tertiary/aromatic N) is 1. The number of carbonyl (C=O) groups is 1. The molecule has 1 aromatic carbocycles. The molecule has 2 atom stereocenters. The standard InChI is InChI=1S/C17H24F2N2O.ClH/c1-12(20)14-5-3-9-21(11-14)17(22)6-2-4-13-7-8-15(18)16(19)10-13;/h7-8,10,12,14H,2-6,9,11,20H2,1H3;1H. The largest absolute Gasteiger partial charge is 0.342 e. The first-order valence-electron chi connectivity index (χ1n) is 7.94. The highest BCUT2D eigenvalue weighted by molar-refractivity contribution is 5.85. The fourth-order valence-corrected chi connectivity index (χ4v) is 2.96. The van der Waals surface area contributed by atoms with E-state index in [0.29, 0.717) is 25.2 Å². The van der Waals surface area contributed by atoms with Crippen LogP contribution >= 0.6 is 12.4 Å². The predicted octanol–water partition coefficient (Wildman–Crippen LogP) is 3.30. The molecule has 0 spiro atoms. The van der Waals surface area contributed by atoms with Gasteiger partial charge >= 0.3 is 0 Å². The number of hydrogen-bond donors (Lipinski definition) is 1. The van der Waals surface area contributed by atoms with Crippen LogP contribution < -0.4 is 5.73 Å². The summed E-state index contributed by atoms with van der Waals surface area (Å²) in [7, 11) is 0. The second-order valence-electron chi connectivity index (χ2n) is 6.20. The SMILES string of the molecule is CC(N)C1CCCN(C(=O)CCCc2ccc(F)c(F)c2)C1.Cl. The number of carbonyl (C=O) groups excluding carboxylic acids is 1. The molecule has 2 N–H and O–H groups in total. The second kappa shape index (κ2) is 9.18. The average Bonchev–Trinajstić information content (AvgIpc) is 2.51. The van der Waals surface area contributed by atoms with Gasteiger partial charge in [0.15, 0.2) is 11.6 Å². The van der Waals surface area contributed by atoms with E-state index in [0.717, 1.165) is 37.6 Å². The van der Waals surface area contributed by atoms with Crippen molar-refractivity contribution in [1.29, 1.82) is 0 Å². The van der Waals surface area contributed by atoms with E-state index < -0.39 is 11.6 Å². The zero-order valence-electron chi connectivity index (χ0n) is 13.4.